The minimum Gasteiger partial charge on any atom is -0.481 e. The number of halogens is 1. The predicted molar refractivity (Wildman–Crippen MR) is 67.9 cm³/mol. The van der Waals surface area contributed by atoms with Crippen LogP contribution in [0.15, 0.2) is 23.6 Å². The van der Waals surface area contributed by atoms with Gasteiger partial charge in [0.1, 0.15) is 5.82 Å². The Morgan fingerprint density at radius 1 is 1.56 bits per heavy atom. The first-order valence-corrected chi connectivity index (χ1v) is 6.12. The molecule has 0 aliphatic carbocycles. The molecule has 1 aromatic carbocycles. The number of anilines is 2. The van der Waals surface area contributed by atoms with Crippen molar-refractivity contribution in [3.63, 3.8) is 0 Å². The van der Waals surface area contributed by atoms with Gasteiger partial charge >= 0.3 is 5.97 Å². The molecule has 94 valence electrons. The van der Waals surface area contributed by atoms with Crippen LogP contribution in [0.5, 0.6) is 0 Å². The second-order valence-electron chi connectivity index (χ2n) is 3.82. The van der Waals surface area contributed by atoms with Gasteiger partial charge in [0.05, 0.1) is 17.8 Å². The molecule has 1 aromatic heterocycles. The molecule has 0 atom stereocenters. The van der Waals surface area contributed by atoms with Crippen molar-refractivity contribution in [3.8, 4) is 0 Å². The largest absolute Gasteiger partial charge is 0.481 e. The van der Waals surface area contributed by atoms with Crippen LogP contribution in [-0.4, -0.2) is 16.1 Å². The number of benzene rings is 1. The zero-order valence-corrected chi connectivity index (χ0v) is 10.4. The molecule has 0 fully saturated rings. The summed E-state index contributed by atoms with van der Waals surface area (Å²) < 4.78 is 13.5. The van der Waals surface area contributed by atoms with E-state index in [0.717, 1.165) is 5.56 Å². The molecule has 2 aromatic rings. The van der Waals surface area contributed by atoms with E-state index in [2.05, 4.69) is 10.3 Å². The highest BCUT2D eigenvalue weighted by Gasteiger charge is 2.08. The molecule has 0 saturated carbocycles. The van der Waals surface area contributed by atoms with Gasteiger partial charge in [0, 0.05) is 5.38 Å². The Balaban J connectivity index is 2.16. The lowest BCUT2D eigenvalue weighted by molar-refractivity contribution is -0.136. The number of aliphatic carboxylic acids is 1. The molecule has 0 spiro atoms. The van der Waals surface area contributed by atoms with Crippen molar-refractivity contribution in [2.75, 3.05) is 5.32 Å². The number of aryl methyl sites for hydroxylation is 1. The molecule has 18 heavy (non-hydrogen) atoms. The molecule has 2 N–H and O–H groups in total. The SMILES string of the molecule is Cc1ccc(F)c(Nc2nc(CC(=O)O)cs2)c1. The molecule has 0 aliphatic heterocycles. The minimum atomic E-state index is -0.936. The van der Waals surface area contributed by atoms with Gasteiger partial charge in [0.25, 0.3) is 0 Å². The summed E-state index contributed by atoms with van der Waals surface area (Å²) in [5.41, 5.74) is 1.73. The molecule has 0 bridgehead atoms. The van der Waals surface area contributed by atoms with Gasteiger partial charge in [-0.3, -0.25) is 4.79 Å². The fourth-order valence-corrected chi connectivity index (χ4v) is 2.17. The summed E-state index contributed by atoms with van der Waals surface area (Å²) in [6.45, 7) is 1.86. The summed E-state index contributed by atoms with van der Waals surface area (Å²) in [4.78, 5) is 14.6. The highest BCUT2D eigenvalue weighted by molar-refractivity contribution is 7.13. The van der Waals surface area contributed by atoms with Crippen molar-refractivity contribution >= 4 is 28.1 Å². The molecule has 1 heterocycles. The van der Waals surface area contributed by atoms with E-state index < -0.39 is 5.97 Å². The summed E-state index contributed by atoms with van der Waals surface area (Å²) in [6.07, 6.45) is -0.130. The molecule has 0 aliphatic rings. The van der Waals surface area contributed by atoms with Crippen molar-refractivity contribution in [1.29, 1.82) is 0 Å². The van der Waals surface area contributed by atoms with Gasteiger partial charge in [-0.1, -0.05) is 6.07 Å². The first-order valence-electron chi connectivity index (χ1n) is 5.24. The number of carbonyl (C=O) groups is 1. The number of hydrogen-bond acceptors (Lipinski definition) is 4. The maximum atomic E-state index is 13.5. The number of carboxylic acid groups (broad SMARTS) is 1. The summed E-state index contributed by atoms with van der Waals surface area (Å²) in [6, 6.07) is 4.73. The minimum absolute atomic E-state index is 0.130. The van der Waals surface area contributed by atoms with E-state index in [0.29, 0.717) is 16.5 Å². The number of nitrogens with zero attached hydrogens (tertiary/aromatic N) is 1. The Morgan fingerprint density at radius 3 is 3.06 bits per heavy atom. The molecular weight excluding hydrogens is 255 g/mol. The Hall–Kier alpha value is -1.95. The summed E-state index contributed by atoms with van der Waals surface area (Å²) in [5.74, 6) is -1.30. The van der Waals surface area contributed by atoms with Crippen molar-refractivity contribution < 1.29 is 14.3 Å². The van der Waals surface area contributed by atoms with Gasteiger partial charge in [-0.05, 0) is 24.6 Å². The van der Waals surface area contributed by atoms with E-state index in [-0.39, 0.29) is 12.2 Å². The van der Waals surface area contributed by atoms with Crippen LogP contribution < -0.4 is 5.32 Å². The van der Waals surface area contributed by atoms with Crippen LogP contribution in [0.1, 0.15) is 11.3 Å². The molecule has 6 heteroatoms. The van der Waals surface area contributed by atoms with Crippen molar-refractivity contribution in [1.82, 2.24) is 4.98 Å². The predicted octanol–water partition coefficient (Wildman–Crippen LogP) is 2.96. The third-order valence-corrected chi connectivity index (χ3v) is 3.05. The summed E-state index contributed by atoms with van der Waals surface area (Å²) in [7, 11) is 0. The molecule has 0 saturated heterocycles. The van der Waals surface area contributed by atoms with Gasteiger partial charge in [-0.15, -0.1) is 11.3 Å². The molecule has 0 amide bonds. The maximum absolute atomic E-state index is 13.5. The topological polar surface area (TPSA) is 62.2 Å². The van der Waals surface area contributed by atoms with Gasteiger partial charge in [-0.25, -0.2) is 9.37 Å². The Morgan fingerprint density at radius 2 is 2.33 bits per heavy atom. The van der Waals surface area contributed by atoms with E-state index in [1.54, 1.807) is 17.5 Å². The average molecular weight is 266 g/mol. The maximum Gasteiger partial charge on any atom is 0.309 e. The van der Waals surface area contributed by atoms with E-state index in [4.69, 9.17) is 5.11 Å². The summed E-state index contributed by atoms with van der Waals surface area (Å²) in [5, 5.41) is 13.6. The second kappa shape index (κ2) is 5.14. The summed E-state index contributed by atoms with van der Waals surface area (Å²) >= 11 is 1.25. The molecular formula is C12H11FN2O2S. The lowest BCUT2D eigenvalue weighted by atomic mass is 10.2. The van der Waals surface area contributed by atoms with Crippen LogP contribution in [0.4, 0.5) is 15.2 Å². The molecule has 4 nitrogen and oxygen atoms in total. The number of nitrogens with one attached hydrogen (secondary N) is 1. The fourth-order valence-electron chi connectivity index (χ4n) is 1.45. The zero-order valence-electron chi connectivity index (χ0n) is 9.61. The Kier molecular flexibility index (Phi) is 3.57. The highest BCUT2D eigenvalue weighted by atomic mass is 32.1. The van der Waals surface area contributed by atoms with E-state index in [9.17, 15) is 9.18 Å². The van der Waals surface area contributed by atoms with Gasteiger partial charge in [-0.2, -0.15) is 0 Å². The standard InChI is InChI=1S/C12H11FN2O2S/c1-7-2-3-9(13)10(4-7)15-12-14-8(6-18-12)5-11(16)17/h2-4,6H,5H2,1H3,(H,14,15)(H,16,17). The van der Waals surface area contributed by atoms with Crippen LogP contribution in [0, 0.1) is 12.7 Å². The van der Waals surface area contributed by atoms with Gasteiger partial charge in [0.15, 0.2) is 5.13 Å². The molecule has 2 rings (SSSR count). The van der Waals surface area contributed by atoms with Crippen LogP contribution in [-0.2, 0) is 11.2 Å². The average Bonchev–Trinajstić information content (AvgIpc) is 2.70. The Labute approximate surface area is 107 Å². The monoisotopic (exact) mass is 266 g/mol. The van der Waals surface area contributed by atoms with Crippen molar-refractivity contribution in [2.24, 2.45) is 0 Å². The number of rotatable bonds is 4. The smallest absolute Gasteiger partial charge is 0.309 e. The third-order valence-electron chi connectivity index (χ3n) is 2.25. The first kappa shape index (κ1) is 12.5. The lowest BCUT2D eigenvalue weighted by Gasteiger charge is -2.04. The van der Waals surface area contributed by atoms with E-state index in [1.165, 1.54) is 17.4 Å². The van der Waals surface area contributed by atoms with Gasteiger partial charge < -0.3 is 10.4 Å². The third kappa shape index (κ3) is 3.04. The normalized spacial score (nSPS) is 10.3. The van der Waals surface area contributed by atoms with Crippen LogP contribution in [0.3, 0.4) is 0 Å². The quantitative estimate of drug-likeness (QED) is 0.893. The number of hydrogen-bond donors (Lipinski definition) is 2. The molecule has 0 unspecified atom stereocenters. The van der Waals surface area contributed by atoms with Crippen molar-refractivity contribution in [2.45, 2.75) is 13.3 Å². The second-order valence-corrected chi connectivity index (χ2v) is 4.68. The van der Waals surface area contributed by atoms with Gasteiger partial charge in [0.2, 0.25) is 0 Å². The fraction of sp³-hybridized carbons (Fsp3) is 0.167. The zero-order chi connectivity index (χ0) is 13.1. The van der Waals surface area contributed by atoms with Crippen LogP contribution >= 0.6 is 11.3 Å². The number of aromatic nitrogens is 1. The highest BCUT2D eigenvalue weighted by Crippen LogP contribution is 2.24. The van der Waals surface area contributed by atoms with E-state index >= 15 is 0 Å². The van der Waals surface area contributed by atoms with Crippen molar-refractivity contribution in [3.05, 3.63) is 40.7 Å². The number of carboxylic acids is 1. The lowest BCUT2D eigenvalue weighted by Crippen LogP contribution is -2.00. The molecule has 0 radical (unpaired) electrons. The number of thiazole rings is 1. The van der Waals surface area contributed by atoms with E-state index in [1.807, 2.05) is 6.92 Å². The first-order chi connectivity index (χ1) is 8.54. The van der Waals surface area contributed by atoms with Crippen LogP contribution in [0.2, 0.25) is 0 Å². The Bertz CT molecular complexity index is 583. The van der Waals surface area contributed by atoms with Crippen LogP contribution in [0.25, 0.3) is 0 Å².